The summed E-state index contributed by atoms with van der Waals surface area (Å²) in [7, 11) is 0. The van der Waals surface area contributed by atoms with Gasteiger partial charge in [-0.15, -0.1) is 11.3 Å². The van der Waals surface area contributed by atoms with Crippen molar-refractivity contribution in [3.05, 3.63) is 55.4 Å². The van der Waals surface area contributed by atoms with Crippen molar-refractivity contribution in [2.75, 3.05) is 11.9 Å². The first kappa shape index (κ1) is 15.6. The monoisotopic (exact) mass is 349 g/mol. The highest BCUT2D eigenvalue weighted by molar-refractivity contribution is 7.20. The van der Waals surface area contributed by atoms with Crippen molar-refractivity contribution in [1.29, 1.82) is 0 Å². The van der Waals surface area contributed by atoms with E-state index in [9.17, 15) is 14.9 Å². The minimum Gasteiger partial charge on any atom is -0.315 e. The van der Waals surface area contributed by atoms with Gasteiger partial charge in [0.05, 0.1) is 20.5 Å². The van der Waals surface area contributed by atoms with E-state index in [1.54, 1.807) is 18.2 Å². The van der Waals surface area contributed by atoms with E-state index in [1.165, 1.54) is 17.4 Å². The summed E-state index contributed by atoms with van der Waals surface area (Å²) in [5, 5.41) is 14.7. The molecule has 1 aromatic carbocycles. The minimum absolute atomic E-state index is 0.0454. The van der Waals surface area contributed by atoms with Crippen molar-refractivity contribution >= 4 is 45.2 Å². The number of hydrogen-bond acceptors (Lipinski definition) is 5. The Morgan fingerprint density at radius 1 is 1.43 bits per heavy atom. The Kier molecular flexibility index (Phi) is 4.14. The lowest BCUT2D eigenvalue weighted by Gasteiger charge is -2.09. The molecule has 1 amide bonds. The topological polar surface area (TPSA) is 84.6 Å². The number of hydrogen-bond donors (Lipinski definition) is 1. The van der Waals surface area contributed by atoms with Crippen LogP contribution < -0.4 is 5.32 Å². The normalized spacial score (nSPS) is 13.8. The number of nitrogens with one attached hydrogen (secondary N) is 1. The summed E-state index contributed by atoms with van der Waals surface area (Å²) >= 11 is 7.52. The second-order valence-electron chi connectivity index (χ2n) is 4.90. The third-order valence-electron chi connectivity index (χ3n) is 3.54. The molecule has 6 nitrogen and oxygen atoms in total. The maximum absolute atomic E-state index is 11.9. The van der Waals surface area contributed by atoms with Crippen LogP contribution in [0.25, 0.3) is 0 Å². The number of thiophene rings is 1. The van der Waals surface area contributed by atoms with Crippen LogP contribution in [0.4, 0.5) is 10.7 Å². The Labute approximate surface area is 141 Å². The van der Waals surface area contributed by atoms with Crippen LogP contribution in [0.15, 0.2) is 29.3 Å². The predicted octanol–water partition coefficient (Wildman–Crippen LogP) is 3.66. The molecule has 2 aromatic rings. The van der Waals surface area contributed by atoms with Crippen LogP contribution in [0.3, 0.4) is 0 Å². The van der Waals surface area contributed by atoms with Gasteiger partial charge >= 0.3 is 0 Å². The summed E-state index contributed by atoms with van der Waals surface area (Å²) in [6.07, 6.45) is 0.639. The van der Waals surface area contributed by atoms with Crippen LogP contribution in [0.1, 0.15) is 23.6 Å². The van der Waals surface area contributed by atoms with Gasteiger partial charge in [-0.2, -0.15) is 0 Å². The van der Waals surface area contributed by atoms with Crippen molar-refractivity contribution in [2.24, 2.45) is 4.99 Å². The zero-order valence-corrected chi connectivity index (χ0v) is 13.7. The number of rotatable bonds is 3. The highest BCUT2D eigenvalue weighted by atomic mass is 35.5. The zero-order chi connectivity index (χ0) is 16.6. The lowest BCUT2D eigenvalue weighted by Crippen LogP contribution is -2.12. The van der Waals surface area contributed by atoms with Crippen molar-refractivity contribution < 1.29 is 9.72 Å². The van der Waals surface area contributed by atoms with Crippen molar-refractivity contribution in [3.63, 3.8) is 0 Å². The number of halogens is 1. The lowest BCUT2D eigenvalue weighted by atomic mass is 9.98. The largest absolute Gasteiger partial charge is 0.315 e. The molecule has 118 valence electrons. The van der Waals surface area contributed by atoms with Crippen LogP contribution in [-0.2, 0) is 11.2 Å². The van der Waals surface area contributed by atoms with Gasteiger partial charge in [-0.05, 0) is 18.1 Å². The first-order valence-corrected chi connectivity index (χ1v) is 8.12. The van der Waals surface area contributed by atoms with E-state index < -0.39 is 4.92 Å². The number of anilines is 1. The Hall–Kier alpha value is -2.25. The predicted molar refractivity (Wildman–Crippen MR) is 90.9 cm³/mol. The van der Waals surface area contributed by atoms with E-state index in [-0.39, 0.29) is 18.1 Å². The number of carbonyl (C=O) groups excluding carboxylic acids is 1. The van der Waals surface area contributed by atoms with Gasteiger partial charge in [0.25, 0.3) is 5.69 Å². The summed E-state index contributed by atoms with van der Waals surface area (Å²) < 4.78 is 0.561. The standard InChI is InChI=1S/C15H12ClN3O3S/c1-2-8-12-13(9-5-3-4-6-10(9)19(21)22)17-7-11(20)18-15(12)23-14(8)16/h3-6H,2,7H2,1H3,(H,18,20). The highest BCUT2D eigenvalue weighted by Crippen LogP contribution is 2.40. The smallest absolute Gasteiger partial charge is 0.278 e. The summed E-state index contributed by atoms with van der Waals surface area (Å²) in [6.45, 7) is 1.86. The fraction of sp³-hybridized carbons (Fsp3) is 0.200. The SMILES string of the molecule is CCc1c(Cl)sc2c1C(c1ccccc1[N+](=O)[O-])=NCC(=O)N2. The van der Waals surface area contributed by atoms with Gasteiger partial charge in [-0.1, -0.05) is 30.7 Å². The van der Waals surface area contributed by atoms with Gasteiger partial charge in [-0.3, -0.25) is 19.9 Å². The van der Waals surface area contributed by atoms with E-state index in [0.717, 1.165) is 5.56 Å². The minimum atomic E-state index is -0.447. The molecule has 0 spiro atoms. The van der Waals surface area contributed by atoms with Crippen molar-refractivity contribution in [1.82, 2.24) is 0 Å². The first-order chi connectivity index (χ1) is 11.0. The molecule has 8 heteroatoms. The molecule has 0 saturated heterocycles. The van der Waals surface area contributed by atoms with Gasteiger partial charge in [0.1, 0.15) is 11.5 Å². The van der Waals surface area contributed by atoms with E-state index in [1.807, 2.05) is 6.92 Å². The van der Waals surface area contributed by atoms with Gasteiger partial charge in [0.2, 0.25) is 5.91 Å². The Bertz CT molecular complexity index is 844. The number of benzene rings is 1. The third-order valence-corrected chi connectivity index (χ3v) is 4.93. The molecule has 0 saturated carbocycles. The fourth-order valence-corrected chi connectivity index (χ4v) is 4.04. The van der Waals surface area contributed by atoms with Crippen LogP contribution in [0.5, 0.6) is 0 Å². The molecule has 2 heterocycles. The molecule has 0 unspecified atom stereocenters. The summed E-state index contributed by atoms with van der Waals surface area (Å²) in [4.78, 5) is 27.1. The second-order valence-corrected chi connectivity index (χ2v) is 6.52. The van der Waals surface area contributed by atoms with Crippen LogP contribution in [-0.4, -0.2) is 23.1 Å². The van der Waals surface area contributed by atoms with E-state index in [4.69, 9.17) is 11.6 Å². The number of para-hydroxylation sites is 1. The molecule has 0 fully saturated rings. The van der Waals surface area contributed by atoms with E-state index in [2.05, 4.69) is 10.3 Å². The number of nitro groups is 1. The summed E-state index contributed by atoms with van der Waals surface area (Å²) in [5.74, 6) is -0.264. The van der Waals surface area contributed by atoms with Crippen LogP contribution in [0.2, 0.25) is 4.34 Å². The molecule has 0 atom stereocenters. The third kappa shape index (κ3) is 2.73. The lowest BCUT2D eigenvalue weighted by molar-refractivity contribution is -0.385. The zero-order valence-electron chi connectivity index (χ0n) is 12.1. The molecule has 0 radical (unpaired) electrons. The molecule has 3 rings (SSSR count). The number of nitrogens with zero attached hydrogens (tertiary/aromatic N) is 2. The first-order valence-electron chi connectivity index (χ1n) is 6.92. The molecule has 0 bridgehead atoms. The molecule has 1 N–H and O–H groups in total. The molecule has 1 aliphatic heterocycles. The Balaban J connectivity index is 2.29. The van der Waals surface area contributed by atoms with Crippen LogP contribution >= 0.6 is 22.9 Å². The molecular formula is C15H12ClN3O3S. The Morgan fingerprint density at radius 2 is 2.17 bits per heavy atom. The van der Waals surface area contributed by atoms with Gasteiger partial charge in [0, 0.05) is 11.6 Å². The van der Waals surface area contributed by atoms with Crippen molar-refractivity contribution in [2.45, 2.75) is 13.3 Å². The number of fused-ring (bicyclic) bond motifs is 1. The van der Waals surface area contributed by atoms with Gasteiger partial charge < -0.3 is 5.32 Å². The van der Waals surface area contributed by atoms with E-state index in [0.29, 0.717) is 32.6 Å². The number of nitro benzene ring substituents is 1. The number of carbonyl (C=O) groups is 1. The quantitative estimate of drug-likeness (QED) is 0.677. The maximum atomic E-state index is 11.9. The number of amides is 1. The van der Waals surface area contributed by atoms with Gasteiger partial charge in [-0.25, -0.2) is 0 Å². The average molecular weight is 350 g/mol. The molecular weight excluding hydrogens is 338 g/mol. The summed E-state index contributed by atoms with van der Waals surface area (Å²) in [6, 6.07) is 6.38. The molecule has 23 heavy (non-hydrogen) atoms. The highest BCUT2D eigenvalue weighted by Gasteiger charge is 2.28. The number of aliphatic imine (C=N–C) groups is 1. The van der Waals surface area contributed by atoms with Gasteiger partial charge in [0.15, 0.2) is 0 Å². The maximum Gasteiger partial charge on any atom is 0.278 e. The fourth-order valence-electron chi connectivity index (χ4n) is 2.54. The molecule has 1 aliphatic rings. The van der Waals surface area contributed by atoms with Crippen LogP contribution in [0, 0.1) is 10.1 Å². The second kappa shape index (κ2) is 6.10. The van der Waals surface area contributed by atoms with Crippen molar-refractivity contribution in [3.8, 4) is 0 Å². The molecule has 0 aliphatic carbocycles. The van der Waals surface area contributed by atoms with E-state index >= 15 is 0 Å². The average Bonchev–Trinajstić information content (AvgIpc) is 2.73. The molecule has 1 aromatic heterocycles. The summed E-state index contributed by atoms with van der Waals surface area (Å²) in [5.41, 5.74) is 2.30. The Morgan fingerprint density at radius 3 is 2.87 bits per heavy atom.